The molecule has 1 N–H and O–H groups in total. The van der Waals surface area contributed by atoms with Crippen molar-refractivity contribution in [1.82, 2.24) is 9.96 Å². The van der Waals surface area contributed by atoms with E-state index in [1.807, 2.05) is 55.1 Å². The number of aliphatic carboxylic acids is 1. The average Bonchev–Trinajstić information content (AvgIpc) is 3.55. The molecule has 0 aromatic heterocycles. The molecule has 9 heteroatoms. The predicted octanol–water partition coefficient (Wildman–Crippen LogP) is 4.15. The van der Waals surface area contributed by atoms with Crippen LogP contribution in [-0.2, 0) is 20.8 Å². The second kappa shape index (κ2) is 13.7. The lowest BCUT2D eigenvalue weighted by Crippen LogP contribution is -2.45. The molecule has 0 bridgehead atoms. The summed E-state index contributed by atoms with van der Waals surface area (Å²) in [7, 11) is 1.59. The van der Waals surface area contributed by atoms with E-state index < -0.39 is 17.9 Å². The number of methoxy groups -OCH3 is 1. The molecule has 0 radical (unpaired) electrons. The van der Waals surface area contributed by atoms with Gasteiger partial charge in [0.05, 0.1) is 39.4 Å². The van der Waals surface area contributed by atoms with Crippen LogP contribution >= 0.6 is 0 Å². The van der Waals surface area contributed by atoms with Crippen molar-refractivity contribution in [2.75, 3.05) is 46.6 Å². The number of hydrogen-bond donors (Lipinski definition) is 1. The second-order valence-corrected chi connectivity index (χ2v) is 10.0. The summed E-state index contributed by atoms with van der Waals surface area (Å²) in [4.78, 5) is 33.8. The molecule has 3 unspecified atom stereocenters. The molecule has 1 saturated heterocycles. The smallest absolute Gasteiger partial charge is 0.308 e. The Balaban J connectivity index is 1.57. The van der Waals surface area contributed by atoms with Crippen LogP contribution in [0.3, 0.4) is 0 Å². The molecule has 2 aliphatic heterocycles. The minimum Gasteiger partial charge on any atom is -0.493 e. The zero-order valence-corrected chi connectivity index (χ0v) is 23.1. The number of carbonyl (C=O) groups is 2. The summed E-state index contributed by atoms with van der Waals surface area (Å²) in [5.41, 5.74) is 2.06. The number of carbonyl (C=O) groups excluding carboxylic acids is 1. The highest BCUT2D eigenvalue weighted by atomic mass is 16.7. The Bertz CT molecular complexity index is 1120. The molecule has 2 aromatic carbocycles. The van der Waals surface area contributed by atoms with Crippen LogP contribution < -0.4 is 14.2 Å². The van der Waals surface area contributed by atoms with Gasteiger partial charge in [-0.1, -0.05) is 38.1 Å². The van der Waals surface area contributed by atoms with Gasteiger partial charge >= 0.3 is 5.97 Å². The summed E-state index contributed by atoms with van der Waals surface area (Å²) in [5, 5.41) is 11.9. The van der Waals surface area contributed by atoms with Crippen LogP contribution in [-0.4, -0.2) is 79.6 Å². The lowest BCUT2D eigenvalue weighted by Gasteiger charge is -2.29. The number of hydroxylamine groups is 2. The molecule has 3 atom stereocenters. The molecule has 0 spiro atoms. The Morgan fingerprint density at radius 2 is 1.90 bits per heavy atom. The van der Waals surface area contributed by atoms with E-state index in [9.17, 15) is 14.7 Å². The van der Waals surface area contributed by atoms with Gasteiger partial charge in [0.1, 0.15) is 5.75 Å². The van der Waals surface area contributed by atoms with Crippen molar-refractivity contribution in [2.45, 2.75) is 51.5 Å². The third-order valence-corrected chi connectivity index (χ3v) is 7.41. The van der Waals surface area contributed by atoms with E-state index in [1.165, 1.54) is 5.06 Å². The Labute approximate surface area is 230 Å². The number of carboxylic acid groups (broad SMARTS) is 1. The van der Waals surface area contributed by atoms with Crippen molar-refractivity contribution in [1.29, 1.82) is 0 Å². The minimum absolute atomic E-state index is 0.0807. The number of rotatable bonds is 14. The highest BCUT2D eigenvalue weighted by Gasteiger charge is 2.47. The molecule has 212 valence electrons. The summed E-state index contributed by atoms with van der Waals surface area (Å²) in [6.45, 7) is 6.40. The molecule has 2 aliphatic rings. The lowest BCUT2D eigenvalue weighted by atomic mass is 9.83. The quantitative estimate of drug-likeness (QED) is 0.357. The largest absolute Gasteiger partial charge is 0.493 e. The van der Waals surface area contributed by atoms with Crippen molar-refractivity contribution in [2.24, 2.45) is 5.92 Å². The number of benzene rings is 2. The van der Waals surface area contributed by atoms with Gasteiger partial charge in [0.2, 0.25) is 0 Å². The van der Waals surface area contributed by atoms with Crippen LogP contribution in [0.15, 0.2) is 42.5 Å². The molecule has 2 heterocycles. The van der Waals surface area contributed by atoms with Gasteiger partial charge in [0.15, 0.2) is 11.5 Å². The van der Waals surface area contributed by atoms with Gasteiger partial charge in [0, 0.05) is 31.5 Å². The van der Waals surface area contributed by atoms with E-state index >= 15 is 0 Å². The Kier molecular flexibility index (Phi) is 10.1. The van der Waals surface area contributed by atoms with Crippen LogP contribution in [0.4, 0.5) is 0 Å². The number of fused-ring (bicyclic) bond motifs is 1. The first-order valence-electron chi connectivity index (χ1n) is 13.9. The maximum atomic E-state index is 13.3. The van der Waals surface area contributed by atoms with Crippen LogP contribution in [0.5, 0.6) is 17.2 Å². The maximum Gasteiger partial charge on any atom is 0.308 e. The van der Waals surface area contributed by atoms with E-state index in [0.29, 0.717) is 44.2 Å². The van der Waals surface area contributed by atoms with Crippen LogP contribution in [0.1, 0.15) is 50.2 Å². The van der Waals surface area contributed by atoms with Gasteiger partial charge in [-0.15, -0.1) is 0 Å². The van der Waals surface area contributed by atoms with Gasteiger partial charge in [-0.3, -0.25) is 19.3 Å². The van der Waals surface area contributed by atoms with Crippen molar-refractivity contribution < 1.29 is 33.7 Å². The number of amides is 1. The fraction of sp³-hybridized carbons (Fsp3) is 0.533. The molecular formula is C30H40N2O7. The van der Waals surface area contributed by atoms with Gasteiger partial charge in [-0.25, -0.2) is 5.06 Å². The van der Waals surface area contributed by atoms with E-state index in [0.717, 1.165) is 36.1 Å². The molecule has 2 aromatic rings. The number of hydrogen-bond acceptors (Lipinski definition) is 7. The molecule has 1 fully saturated rings. The topological polar surface area (TPSA) is 97.8 Å². The van der Waals surface area contributed by atoms with Crippen LogP contribution in [0.2, 0.25) is 0 Å². The zero-order chi connectivity index (χ0) is 27.8. The van der Waals surface area contributed by atoms with Crippen molar-refractivity contribution in [3.63, 3.8) is 0 Å². The fourth-order valence-corrected chi connectivity index (χ4v) is 5.57. The summed E-state index contributed by atoms with van der Waals surface area (Å²) >= 11 is 0. The average molecular weight is 541 g/mol. The van der Waals surface area contributed by atoms with E-state index in [1.54, 1.807) is 7.11 Å². The van der Waals surface area contributed by atoms with Crippen LogP contribution in [0.25, 0.3) is 0 Å². The molecule has 1 amide bonds. The van der Waals surface area contributed by atoms with E-state index in [2.05, 4.69) is 6.07 Å². The highest BCUT2D eigenvalue weighted by molar-refractivity contribution is 5.78. The highest BCUT2D eigenvalue weighted by Crippen LogP contribution is 2.41. The summed E-state index contributed by atoms with van der Waals surface area (Å²) in [6, 6.07) is 13.0. The van der Waals surface area contributed by atoms with Gasteiger partial charge in [-0.2, -0.15) is 0 Å². The van der Waals surface area contributed by atoms with Crippen molar-refractivity contribution >= 4 is 11.9 Å². The number of ether oxygens (including phenoxy) is 3. The summed E-state index contributed by atoms with van der Waals surface area (Å²) in [5.74, 6) is 0.0803. The molecule has 4 rings (SSSR count). The molecule has 0 aliphatic carbocycles. The first-order valence-corrected chi connectivity index (χ1v) is 13.9. The standard InChI is InChI=1S/C30H40N2O7/c1-4-14-32(39-15-5-2)28(33)20-31-19-23(21-10-11-25-22(18-21)12-16-37-25)29(30(34)35)24(31)13-17-38-27-9-7-6-8-26(27)36-3/h6-11,18,23-24,29H,4-5,12-17,19-20H2,1-3H3,(H,34,35). The predicted molar refractivity (Wildman–Crippen MR) is 146 cm³/mol. The third kappa shape index (κ3) is 6.83. The second-order valence-electron chi connectivity index (χ2n) is 10.0. The third-order valence-electron chi connectivity index (χ3n) is 7.41. The number of para-hydroxylation sites is 2. The van der Waals surface area contributed by atoms with Gasteiger partial charge in [-0.05, 0) is 48.6 Å². The molecule has 0 saturated carbocycles. The van der Waals surface area contributed by atoms with Gasteiger partial charge < -0.3 is 19.3 Å². The minimum atomic E-state index is -0.873. The summed E-state index contributed by atoms with van der Waals surface area (Å²) in [6.07, 6.45) is 2.82. The molecule has 9 nitrogen and oxygen atoms in total. The molecular weight excluding hydrogens is 500 g/mol. The van der Waals surface area contributed by atoms with Crippen molar-refractivity contribution in [3.05, 3.63) is 53.6 Å². The zero-order valence-electron chi connectivity index (χ0n) is 23.1. The van der Waals surface area contributed by atoms with Crippen LogP contribution in [0, 0.1) is 5.92 Å². The SMILES string of the molecule is CCCON(CCC)C(=O)CN1CC(c2ccc3c(c2)CCO3)C(C(=O)O)C1CCOc1ccccc1OC. The van der Waals surface area contributed by atoms with E-state index in [4.69, 9.17) is 19.0 Å². The first-order chi connectivity index (χ1) is 19.0. The van der Waals surface area contributed by atoms with Gasteiger partial charge in [0.25, 0.3) is 5.91 Å². The number of carboxylic acids is 1. The monoisotopic (exact) mass is 540 g/mol. The number of likely N-dealkylation sites (tertiary alicyclic amines) is 1. The Morgan fingerprint density at radius 3 is 2.62 bits per heavy atom. The normalized spacial score (nSPS) is 20.3. The summed E-state index contributed by atoms with van der Waals surface area (Å²) < 4.78 is 17.1. The Morgan fingerprint density at radius 1 is 1.10 bits per heavy atom. The number of nitrogens with zero attached hydrogens (tertiary/aromatic N) is 2. The van der Waals surface area contributed by atoms with Crippen molar-refractivity contribution in [3.8, 4) is 17.2 Å². The fourth-order valence-electron chi connectivity index (χ4n) is 5.57. The Hall–Kier alpha value is -3.30. The first kappa shape index (κ1) is 28.7. The molecule has 39 heavy (non-hydrogen) atoms. The lowest BCUT2D eigenvalue weighted by molar-refractivity contribution is -0.188. The van der Waals surface area contributed by atoms with E-state index in [-0.39, 0.29) is 25.0 Å². The maximum absolute atomic E-state index is 13.3.